The molecule has 1 unspecified atom stereocenters. The summed E-state index contributed by atoms with van der Waals surface area (Å²) >= 11 is 1.84. The Hall–Kier alpha value is -0.830. The van der Waals surface area contributed by atoms with Crippen molar-refractivity contribution in [2.75, 3.05) is 0 Å². The Balaban J connectivity index is 2.06. The molecule has 1 aliphatic rings. The van der Waals surface area contributed by atoms with E-state index >= 15 is 0 Å². The third-order valence-electron chi connectivity index (χ3n) is 2.80. The van der Waals surface area contributed by atoms with Crippen LogP contribution in [0.25, 0.3) is 0 Å². The smallest absolute Gasteiger partial charge is 0.303 e. The summed E-state index contributed by atoms with van der Waals surface area (Å²) < 4.78 is 0. The summed E-state index contributed by atoms with van der Waals surface area (Å²) in [5.74, 6) is -0.161. The third-order valence-corrected chi connectivity index (χ3v) is 4.06. The van der Waals surface area contributed by atoms with Crippen molar-refractivity contribution in [1.82, 2.24) is 0 Å². The molecule has 0 spiro atoms. The Morgan fingerprint density at radius 3 is 3.21 bits per heavy atom. The van der Waals surface area contributed by atoms with E-state index in [0.717, 1.165) is 19.3 Å². The first-order chi connectivity index (χ1) is 6.66. The summed E-state index contributed by atoms with van der Waals surface area (Å²) in [7, 11) is 0. The van der Waals surface area contributed by atoms with E-state index in [0.29, 0.717) is 12.3 Å². The molecule has 0 saturated heterocycles. The van der Waals surface area contributed by atoms with E-state index in [9.17, 15) is 4.79 Å². The Labute approximate surface area is 87.6 Å². The molecule has 1 N–H and O–H groups in total. The lowest BCUT2D eigenvalue weighted by Crippen LogP contribution is -1.99. The summed E-state index contributed by atoms with van der Waals surface area (Å²) in [5.41, 5.74) is 1.46. The van der Waals surface area contributed by atoms with Crippen LogP contribution in [0.1, 0.15) is 40.5 Å². The minimum atomic E-state index is -0.674. The molecule has 0 bridgehead atoms. The van der Waals surface area contributed by atoms with Crippen molar-refractivity contribution in [1.29, 1.82) is 0 Å². The van der Waals surface area contributed by atoms with Crippen molar-refractivity contribution in [3.63, 3.8) is 0 Å². The van der Waals surface area contributed by atoms with E-state index in [1.54, 1.807) is 0 Å². The number of carboxylic acid groups (broad SMARTS) is 1. The van der Waals surface area contributed by atoms with Crippen molar-refractivity contribution < 1.29 is 9.90 Å². The highest BCUT2D eigenvalue weighted by molar-refractivity contribution is 7.12. The molecule has 1 heterocycles. The van der Waals surface area contributed by atoms with Crippen LogP contribution in [-0.4, -0.2) is 11.1 Å². The summed E-state index contributed by atoms with van der Waals surface area (Å²) in [6, 6.07) is 2.25. The predicted octanol–water partition coefficient (Wildman–Crippen LogP) is 2.95. The van der Waals surface area contributed by atoms with E-state index in [1.807, 2.05) is 11.3 Å². The zero-order valence-corrected chi connectivity index (χ0v) is 9.06. The van der Waals surface area contributed by atoms with Gasteiger partial charge < -0.3 is 5.11 Å². The molecule has 0 amide bonds. The summed E-state index contributed by atoms with van der Waals surface area (Å²) in [5, 5.41) is 8.63. The molecule has 0 fully saturated rings. The first-order valence-corrected chi connectivity index (χ1v) is 5.79. The fourth-order valence-electron chi connectivity index (χ4n) is 2.16. The molecular formula is C11H14O2S. The predicted molar refractivity (Wildman–Crippen MR) is 57.0 cm³/mol. The molecule has 0 aromatic carbocycles. The second kappa shape index (κ2) is 3.73. The topological polar surface area (TPSA) is 37.3 Å². The van der Waals surface area contributed by atoms with Crippen LogP contribution in [0.2, 0.25) is 0 Å². The standard InChI is InChI=1S/C11H14O2S/c1-7-6-9-3-2-8(11(9)14-7)4-5-10(12)13/h6,8H,2-5H2,1H3,(H,12,13). The number of hydrogen-bond donors (Lipinski definition) is 1. The van der Waals surface area contributed by atoms with Crippen LogP contribution in [0.15, 0.2) is 6.07 Å². The Morgan fingerprint density at radius 1 is 1.71 bits per heavy atom. The van der Waals surface area contributed by atoms with Gasteiger partial charge in [-0.3, -0.25) is 4.79 Å². The van der Waals surface area contributed by atoms with Crippen molar-refractivity contribution >= 4 is 17.3 Å². The maximum Gasteiger partial charge on any atom is 0.303 e. The van der Waals surface area contributed by atoms with Gasteiger partial charge in [-0.2, -0.15) is 0 Å². The van der Waals surface area contributed by atoms with Gasteiger partial charge in [0.1, 0.15) is 0 Å². The number of carboxylic acids is 1. The number of carbonyl (C=O) groups is 1. The van der Waals surface area contributed by atoms with E-state index < -0.39 is 5.97 Å². The second-order valence-electron chi connectivity index (χ2n) is 3.91. The summed E-state index contributed by atoms with van der Waals surface area (Å²) in [4.78, 5) is 13.3. The highest BCUT2D eigenvalue weighted by Gasteiger charge is 2.24. The zero-order valence-electron chi connectivity index (χ0n) is 8.25. The average Bonchev–Trinajstić information content (AvgIpc) is 2.60. The van der Waals surface area contributed by atoms with Gasteiger partial charge in [0.25, 0.3) is 0 Å². The molecule has 1 atom stereocenters. The molecule has 0 saturated carbocycles. The number of hydrogen-bond acceptors (Lipinski definition) is 2. The van der Waals surface area contributed by atoms with Gasteiger partial charge in [0, 0.05) is 16.2 Å². The van der Waals surface area contributed by atoms with Crippen LogP contribution in [0.3, 0.4) is 0 Å². The monoisotopic (exact) mass is 210 g/mol. The highest BCUT2D eigenvalue weighted by Crippen LogP contribution is 2.41. The molecule has 14 heavy (non-hydrogen) atoms. The quantitative estimate of drug-likeness (QED) is 0.832. The van der Waals surface area contributed by atoms with Gasteiger partial charge in [-0.25, -0.2) is 0 Å². The lowest BCUT2D eigenvalue weighted by Gasteiger charge is -2.06. The van der Waals surface area contributed by atoms with Gasteiger partial charge in [0.15, 0.2) is 0 Å². The highest BCUT2D eigenvalue weighted by atomic mass is 32.1. The number of rotatable bonds is 3. The number of thiophene rings is 1. The normalized spacial score (nSPS) is 19.6. The summed E-state index contributed by atoms with van der Waals surface area (Å²) in [6.45, 7) is 2.12. The van der Waals surface area contributed by atoms with Crippen LogP contribution in [-0.2, 0) is 11.2 Å². The first-order valence-electron chi connectivity index (χ1n) is 4.98. The van der Waals surface area contributed by atoms with Gasteiger partial charge in [0.2, 0.25) is 0 Å². The Bertz CT molecular complexity index is 354. The minimum Gasteiger partial charge on any atom is -0.481 e. The number of aliphatic carboxylic acids is 1. The van der Waals surface area contributed by atoms with Crippen LogP contribution < -0.4 is 0 Å². The lowest BCUT2D eigenvalue weighted by molar-refractivity contribution is -0.137. The van der Waals surface area contributed by atoms with Crippen LogP contribution >= 0.6 is 11.3 Å². The van der Waals surface area contributed by atoms with Gasteiger partial charge in [-0.1, -0.05) is 0 Å². The van der Waals surface area contributed by atoms with Crippen molar-refractivity contribution in [2.24, 2.45) is 0 Å². The van der Waals surface area contributed by atoms with Gasteiger partial charge >= 0.3 is 5.97 Å². The van der Waals surface area contributed by atoms with E-state index in [2.05, 4.69) is 13.0 Å². The summed E-state index contributed by atoms with van der Waals surface area (Å²) in [6.07, 6.45) is 3.40. The molecular weight excluding hydrogens is 196 g/mol. The largest absolute Gasteiger partial charge is 0.481 e. The van der Waals surface area contributed by atoms with Crippen LogP contribution in [0.4, 0.5) is 0 Å². The Morgan fingerprint density at radius 2 is 2.50 bits per heavy atom. The number of fused-ring (bicyclic) bond motifs is 1. The molecule has 2 rings (SSSR count). The van der Waals surface area contributed by atoms with Crippen molar-refractivity contribution in [2.45, 2.75) is 38.5 Å². The molecule has 3 heteroatoms. The van der Waals surface area contributed by atoms with E-state index in [1.165, 1.54) is 15.3 Å². The molecule has 1 aliphatic carbocycles. The first kappa shape index (κ1) is 9.71. The van der Waals surface area contributed by atoms with E-state index in [4.69, 9.17) is 5.11 Å². The second-order valence-corrected chi connectivity index (χ2v) is 5.20. The van der Waals surface area contributed by atoms with Gasteiger partial charge in [0.05, 0.1) is 0 Å². The molecule has 76 valence electrons. The van der Waals surface area contributed by atoms with Crippen molar-refractivity contribution in [3.8, 4) is 0 Å². The fourth-order valence-corrected chi connectivity index (χ4v) is 3.40. The van der Waals surface area contributed by atoms with E-state index in [-0.39, 0.29) is 0 Å². The van der Waals surface area contributed by atoms with Crippen molar-refractivity contribution in [3.05, 3.63) is 21.4 Å². The Kier molecular flexibility index (Phi) is 2.59. The zero-order chi connectivity index (χ0) is 10.1. The molecule has 2 nitrogen and oxygen atoms in total. The third kappa shape index (κ3) is 1.82. The van der Waals surface area contributed by atoms with Crippen LogP contribution in [0, 0.1) is 6.92 Å². The van der Waals surface area contributed by atoms with Crippen LogP contribution in [0.5, 0.6) is 0 Å². The molecule has 0 aliphatic heterocycles. The maximum atomic E-state index is 10.5. The fraction of sp³-hybridized carbons (Fsp3) is 0.545. The maximum absolute atomic E-state index is 10.5. The molecule has 1 aromatic rings. The average molecular weight is 210 g/mol. The lowest BCUT2D eigenvalue weighted by atomic mass is 10.0. The SMILES string of the molecule is Cc1cc2c(s1)C(CCC(=O)O)CC2. The number of aryl methyl sites for hydroxylation is 2. The minimum absolute atomic E-state index is 0.307. The molecule has 0 radical (unpaired) electrons. The van der Waals surface area contributed by atoms with Gasteiger partial charge in [-0.15, -0.1) is 11.3 Å². The van der Waals surface area contributed by atoms with Gasteiger partial charge in [-0.05, 0) is 43.7 Å². The molecule has 1 aromatic heterocycles.